The zero-order valence-corrected chi connectivity index (χ0v) is 18.2. The molecule has 1 N–H and O–H groups in total. The quantitative estimate of drug-likeness (QED) is 0.451. The van der Waals surface area contributed by atoms with Crippen LogP contribution in [0, 0.1) is 19.7 Å². The Balaban J connectivity index is 1.35. The number of carbonyl (C=O) groups is 1. The second-order valence-electron chi connectivity index (χ2n) is 7.24. The van der Waals surface area contributed by atoms with Gasteiger partial charge in [-0.2, -0.15) is 5.10 Å². The van der Waals surface area contributed by atoms with Crippen LogP contribution in [0.15, 0.2) is 55.0 Å². The van der Waals surface area contributed by atoms with Gasteiger partial charge in [0, 0.05) is 11.2 Å². The lowest BCUT2D eigenvalue weighted by Gasteiger charge is -2.09. The molecule has 0 aliphatic rings. The number of nitrogens with zero attached hydrogens (tertiary/aromatic N) is 5. The Morgan fingerprint density at radius 2 is 1.97 bits per heavy atom. The minimum absolute atomic E-state index is 0.120. The maximum Gasteiger partial charge on any atom is 0.278 e. The molecule has 2 aromatic heterocycles. The molecule has 0 atom stereocenters. The van der Waals surface area contributed by atoms with Crippen LogP contribution in [0.4, 0.5) is 10.3 Å². The normalized spacial score (nSPS) is 10.9. The third-order valence-corrected chi connectivity index (χ3v) is 5.03. The molecule has 0 spiro atoms. The Kier molecular flexibility index (Phi) is 6.18. The number of benzene rings is 2. The largest absolute Gasteiger partial charge is 0.471 e. The summed E-state index contributed by atoms with van der Waals surface area (Å²) < 4.78 is 22.0. The predicted octanol–water partition coefficient (Wildman–Crippen LogP) is 4.22. The summed E-state index contributed by atoms with van der Waals surface area (Å²) in [5.41, 5.74) is 3.00. The number of hydrogen-bond donors (Lipinski definition) is 1. The van der Waals surface area contributed by atoms with E-state index >= 15 is 0 Å². The van der Waals surface area contributed by atoms with Crippen molar-refractivity contribution in [3.05, 3.63) is 88.2 Å². The van der Waals surface area contributed by atoms with E-state index in [1.807, 2.05) is 32.0 Å². The average Bonchev–Trinajstić information content (AvgIpc) is 3.40. The number of carbonyl (C=O) groups excluding carboxylic acids is 1. The number of aryl methyl sites for hydroxylation is 2. The van der Waals surface area contributed by atoms with Crippen molar-refractivity contribution in [2.75, 3.05) is 5.32 Å². The highest BCUT2D eigenvalue weighted by Crippen LogP contribution is 2.20. The summed E-state index contributed by atoms with van der Waals surface area (Å²) in [5.74, 6) is 0.0223. The van der Waals surface area contributed by atoms with Crippen LogP contribution in [0.25, 0.3) is 0 Å². The van der Waals surface area contributed by atoms with E-state index in [1.165, 1.54) is 27.8 Å². The maximum absolute atomic E-state index is 13.2. The van der Waals surface area contributed by atoms with Gasteiger partial charge >= 0.3 is 0 Å². The van der Waals surface area contributed by atoms with Crippen LogP contribution in [0.2, 0.25) is 5.02 Å². The lowest BCUT2D eigenvalue weighted by Crippen LogP contribution is -2.15. The molecule has 0 bridgehead atoms. The number of ether oxygens (including phenoxy) is 1. The van der Waals surface area contributed by atoms with Crippen LogP contribution in [0.1, 0.15) is 27.2 Å². The van der Waals surface area contributed by atoms with Gasteiger partial charge in [-0.1, -0.05) is 29.8 Å². The van der Waals surface area contributed by atoms with Gasteiger partial charge in [-0.15, -0.1) is 5.10 Å². The first-order valence-corrected chi connectivity index (χ1v) is 10.1. The zero-order valence-electron chi connectivity index (χ0n) is 17.4. The summed E-state index contributed by atoms with van der Waals surface area (Å²) in [7, 11) is 0. The molecule has 1 amide bonds. The summed E-state index contributed by atoms with van der Waals surface area (Å²) in [6.07, 6.45) is 3.11. The first kappa shape index (κ1) is 21.5. The van der Waals surface area contributed by atoms with Gasteiger partial charge < -0.3 is 4.74 Å². The van der Waals surface area contributed by atoms with Crippen LogP contribution in [0.3, 0.4) is 0 Å². The Labute approximate surface area is 188 Å². The topological polar surface area (TPSA) is 86.9 Å². The molecule has 0 radical (unpaired) electrons. The van der Waals surface area contributed by atoms with Crippen molar-refractivity contribution in [1.82, 2.24) is 24.5 Å². The van der Waals surface area contributed by atoms with E-state index in [2.05, 4.69) is 20.5 Å². The van der Waals surface area contributed by atoms with Crippen LogP contribution >= 0.6 is 11.6 Å². The molecular weight excluding hydrogens is 435 g/mol. The number of halogens is 2. The molecule has 0 aliphatic carbocycles. The fourth-order valence-corrected chi connectivity index (χ4v) is 3.20. The number of aromatic nitrogens is 5. The Hall–Kier alpha value is -3.72. The summed E-state index contributed by atoms with van der Waals surface area (Å²) >= 11 is 6.04. The van der Waals surface area contributed by atoms with Crippen molar-refractivity contribution in [1.29, 1.82) is 0 Å². The monoisotopic (exact) mass is 454 g/mol. The van der Waals surface area contributed by atoms with Gasteiger partial charge in [-0.3, -0.25) is 10.1 Å². The molecule has 10 heteroatoms. The Morgan fingerprint density at radius 3 is 2.78 bits per heavy atom. The van der Waals surface area contributed by atoms with E-state index in [1.54, 1.807) is 18.3 Å². The summed E-state index contributed by atoms with van der Waals surface area (Å²) in [5, 5.41) is 11.3. The van der Waals surface area contributed by atoms with E-state index in [9.17, 15) is 9.18 Å². The first-order chi connectivity index (χ1) is 15.4. The van der Waals surface area contributed by atoms with Gasteiger partial charge in [0.25, 0.3) is 5.91 Å². The molecule has 0 aliphatic heterocycles. The number of rotatable bonds is 7. The van der Waals surface area contributed by atoms with Crippen LogP contribution < -0.4 is 10.1 Å². The van der Waals surface area contributed by atoms with Gasteiger partial charge in [-0.25, -0.2) is 18.7 Å². The fraction of sp³-hybridized carbons (Fsp3) is 0.182. The predicted molar refractivity (Wildman–Crippen MR) is 117 cm³/mol. The van der Waals surface area contributed by atoms with E-state index < -0.39 is 11.7 Å². The van der Waals surface area contributed by atoms with Gasteiger partial charge in [0.1, 0.15) is 17.9 Å². The molecular formula is C22H20ClFN6O2. The Morgan fingerprint density at radius 1 is 1.12 bits per heavy atom. The maximum atomic E-state index is 13.2. The highest BCUT2D eigenvalue weighted by Gasteiger charge is 2.13. The highest BCUT2D eigenvalue weighted by atomic mass is 35.5. The number of amides is 1. The minimum Gasteiger partial charge on any atom is -0.471 e. The SMILES string of the molecule is Cc1ccc(C)c(OCn2ccc(C(=O)Nc3ncn(Cc4ccc(F)cc4Cl)n3)n2)c1. The van der Waals surface area contributed by atoms with Crippen molar-refractivity contribution >= 4 is 23.5 Å². The molecule has 2 heterocycles. The second kappa shape index (κ2) is 9.19. The van der Waals surface area contributed by atoms with Crippen molar-refractivity contribution in [2.45, 2.75) is 27.1 Å². The van der Waals surface area contributed by atoms with E-state index in [0.717, 1.165) is 16.9 Å². The van der Waals surface area contributed by atoms with E-state index in [4.69, 9.17) is 16.3 Å². The van der Waals surface area contributed by atoms with Gasteiger partial charge in [-0.05, 0) is 54.8 Å². The fourth-order valence-electron chi connectivity index (χ4n) is 2.97. The average molecular weight is 455 g/mol. The third-order valence-electron chi connectivity index (χ3n) is 4.68. The molecule has 0 saturated heterocycles. The molecule has 8 nitrogen and oxygen atoms in total. The lowest BCUT2D eigenvalue weighted by atomic mass is 10.1. The zero-order chi connectivity index (χ0) is 22.7. The molecule has 4 aromatic rings. The van der Waals surface area contributed by atoms with Crippen molar-refractivity contribution < 1.29 is 13.9 Å². The Bertz CT molecular complexity index is 1270. The molecule has 32 heavy (non-hydrogen) atoms. The number of hydrogen-bond acceptors (Lipinski definition) is 5. The van der Waals surface area contributed by atoms with Gasteiger partial charge in [0.2, 0.25) is 5.95 Å². The standard InChI is InChI=1S/C22H20ClFN6O2/c1-14-3-4-15(2)20(9-14)32-13-29-8-7-19(27-29)21(31)26-22-25-12-30(28-22)11-16-5-6-17(24)10-18(16)23/h3-10,12H,11,13H2,1-2H3,(H,26,28,31). The van der Waals surface area contributed by atoms with Crippen molar-refractivity contribution in [2.24, 2.45) is 0 Å². The van der Waals surface area contributed by atoms with Crippen LogP contribution in [-0.4, -0.2) is 30.5 Å². The van der Waals surface area contributed by atoms with Gasteiger partial charge in [0.05, 0.1) is 6.54 Å². The van der Waals surface area contributed by atoms with Crippen LogP contribution in [0.5, 0.6) is 5.75 Å². The summed E-state index contributed by atoms with van der Waals surface area (Å²) in [6, 6.07) is 11.7. The summed E-state index contributed by atoms with van der Waals surface area (Å²) in [4.78, 5) is 16.5. The molecule has 0 fully saturated rings. The first-order valence-electron chi connectivity index (χ1n) is 9.75. The van der Waals surface area contributed by atoms with Crippen molar-refractivity contribution in [3.8, 4) is 5.75 Å². The second-order valence-corrected chi connectivity index (χ2v) is 7.65. The molecule has 164 valence electrons. The van der Waals surface area contributed by atoms with E-state index in [-0.39, 0.29) is 24.9 Å². The molecule has 0 unspecified atom stereocenters. The van der Waals surface area contributed by atoms with E-state index in [0.29, 0.717) is 10.6 Å². The molecule has 4 rings (SSSR count). The smallest absolute Gasteiger partial charge is 0.278 e. The number of anilines is 1. The molecule has 0 saturated carbocycles. The van der Waals surface area contributed by atoms with Gasteiger partial charge in [0.15, 0.2) is 12.4 Å². The third kappa shape index (κ3) is 5.12. The molecule has 2 aromatic carbocycles. The summed E-state index contributed by atoms with van der Waals surface area (Å²) in [6.45, 7) is 4.41. The van der Waals surface area contributed by atoms with Crippen LogP contribution in [-0.2, 0) is 13.3 Å². The highest BCUT2D eigenvalue weighted by molar-refractivity contribution is 6.31. The van der Waals surface area contributed by atoms with Crippen molar-refractivity contribution in [3.63, 3.8) is 0 Å². The lowest BCUT2D eigenvalue weighted by molar-refractivity contribution is 0.101. The minimum atomic E-state index is -0.451. The number of nitrogens with one attached hydrogen (secondary N) is 1.